The number of ether oxygens (including phenoxy) is 2. The van der Waals surface area contributed by atoms with Crippen LogP contribution in [0.1, 0.15) is 28.9 Å². The molecule has 0 N–H and O–H groups in total. The number of hydrogen-bond acceptors (Lipinski definition) is 6. The van der Waals surface area contributed by atoms with Gasteiger partial charge in [0.1, 0.15) is 9.77 Å². The quantitative estimate of drug-likeness (QED) is 0.734. The lowest BCUT2D eigenvalue weighted by molar-refractivity contribution is 0.0602. The van der Waals surface area contributed by atoms with Crippen molar-refractivity contribution in [3.63, 3.8) is 0 Å². The number of esters is 1. The van der Waals surface area contributed by atoms with Gasteiger partial charge in [-0.2, -0.15) is 4.31 Å². The first-order valence-corrected chi connectivity index (χ1v) is 9.61. The highest BCUT2D eigenvalue weighted by molar-refractivity contribution is 7.89. The van der Waals surface area contributed by atoms with Gasteiger partial charge in [-0.1, -0.05) is 0 Å². The summed E-state index contributed by atoms with van der Waals surface area (Å²) in [5.41, 5.74) is 0. The molecule has 0 aromatic carbocycles. The molecule has 2 heterocycles. The summed E-state index contributed by atoms with van der Waals surface area (Å²) in [6, 6.07) is 1.54. The molecule has 1 saturated carbocycles. The average molecular weight is 345 g/mol. The Morgan fingerprint density at radius 2 is 2.23 bits per heavy atom. The van der Waals surface area contributed by atoms with E-state index in [0.29, 0.717) is 19.8 Å². The lowest BCUT2D eigenvalue weighted by atomic mass is 10.1. The Labute approximate surface area is 134 Å². The van der Waals surface area contributed by atoms with Gasteiger partial charge in [-0.25, -0.2) is 13.2 Å². The van der Waals surface area contributed by atoms with Crippen molar-refractivity contribution in [3.8, 4) is 0 Å². The smallest absolute Gasteiger partial charge is 0.349 e. The zero-order valence-electron chi connectivity index (χ0n) is 12.4. The van der Waals surface area contributed by atoms with E-state index in [-0.39, 0.29) is 21.7 Å². The standard InChI is InChI=1S/C14H19NO5S2/c1-19-14(16)13-12(5-7-21-13)22(17,18)15(11-2-3-11)8-10-4-6-20-9-10/h5,7,10-11H,2-4,6,8-9H2,1H3/t10-/m1/s1. The Bertz CT molecular complexity index is 644. The second kappa shape index (κ2) is 6.27. The third-order valence-electron chi connectivity index (χ3n) is 4.00. The molecule has 6 nitrogen and oxygen atoms in total. The number of rotatable bonds is 6. The molecule has 0 amide bonds. The van der Waals surface area contributed by atoms with Gasteiger partial charge < -0.3 is 9.47 Å². The maximum absolute atomic E-state index is 13.0. The first-order valence-electron chi connectivity index (χ1n) is 7.29. The van der Waals surface area contributed by atoms with E-state index in [2.05, 4.69) is 4.74 Å². The molecule has 8 heteroatoms. The molecule has 0 spiro atoms. The van der Waals surface area contributed by atoms with Crippen LogP contribution >= 0.6 is 11.3 Å². The highest BCUT2D eigenvalue weighted by atomic mass is 32.2. The van der Waals surface area contributed by atoms with Crippen LogP contribution in [0.15, 0.2) is 16.3 Å². The molecule has 2 fully saturated rings. The van der Waals surface area contributed by atoms with E-state index < -0.39 is 16.0 Å². The number of sulfonamides is 1. The van der Waals surface area contributed by atoms with Crippen LogP contribution in [0.25, 0.3) is 0 Å². The topological polar surface area (TPSA) is 72.9 Å². The van der Waals surface area contributed by atoms with Crippen LogP contribution in [-0.4, -0.2) is 51.6 Å². The fourth-order valence-electron chi connectivity index (χ4n) is 2.66. The third kappa shape index (κ3) is 3.05. The van der Waals surface area contributed by atoms with Crippen LogP contribution in [0.2, 0.25) is 0 Å². The van der Waals surface area contributed by atoms with E-state index in [1.165, 1.54) is 13.2 Å². The fraction of sp³-hybridized carbons (Fsp3) is 0.643. The molecule has 1 atom stereocenters. The molecule has 1 aromatic rings. The Morgan fingerprint density at radius 3 is 2.82 bits per heavy atom. The first kappa shape index (κ1) is 15.9. The van der Waals surface area contributed by atoms with E-state index in [0.717, 1.165) is 30.6 Å². The van der Waals surface area contributed by atoms with Crippen LogP contribution in [-0.2, 0) is 19.5 Å². The van der Waals surface area contributed by atoms with Gasteiger partial charge in [0, 0.05) is 19.2 Å². The van der Waals surface area contributed by atoms with Gasteiger partial charge in [0.25, 0.3) is 0 Å². The minimum absolute atomic E-state index is 0.0518. The molecular formula is C14H19NO5S2. The molecule has 2 aliphatic rings. The zero-order valence-corrected chi connectivity index (χ0v) is 14.0. The first-order chi connectivity index (χ1) is 10.5. The second-order valence-electron chi connectivity index (χ2n) is 5.64. The van der Waals surface area contributed by atoms with Crippen LogP contribution in [0.4, 0.5) is 0 Å². The molecule has 3 rings (SSSR count). The fourth-order valence-corrected chi connectivity index (χ4v) is 5.73. The number of methoxy groups -OCH3 is 1. The third-order valence-corrected chi connectivity index (χ3v) is 6.99. The minimum Gasteiger partial charge on any atom is -0.465 e. The summed E-state index contributed by atoms with van der Waals surface area (Å²) in [5, 5.41) is 1.61. The number of nitrogens with zero attached hydrogens (tertiary/aromatic N) is 1. The Kier molecular flexibility index (Phi) is 4.54. The Hall–Kier alpha value is -0.960. The minimum atomic E-state index is -3.68. The zero-order chi connectivity index (χ0) is 15.7. The van der Waals surface area contributed by atoms with Crippen molar-refractivity contribution >= 4 is 27.3 Å². The van der Waals surface area contributed by atoms with Crippen LogP contribution < -0.4 is 0 Å². The summed E-state index contributed by atoms with van der Waals surface area (Å²) in [5.74, 6) is -0.371. The van der Waals surface area contributed by atoms with Crippen molar-refractivity contribution in [1.82, 2.24) is 4.31 Å². The van der Waals surface area contributed by atoms with Crippen molar-refractivity contribution in [2.45, 2.75) is 30.2 Å². The number of hydrogen-bond donors (Lipinski definition) is 0. The number of carbonyl (C=O) groups excluding carboxylic acids is 1. The van der Waals surface area contributed by atoms with E-state index in [1.807, 2.05) is 0 Å². The highest BCUT2D eigenvalue weighted by Crippen LogP contribution is 2.36. The van der Waals surface area contributed by atoms with Gasteiger partial charge in [-0.15, -0.1) is 11.3 Å². The van der Waals surface area contributed by atoms with Gasteiger partial charge in [0.15, 0.2) is 0 Å². The molecule has 1 aromatic heterocycles. The van der Waals surface area contributed by atoms with Crippen molar-refractivity contribution in [2.24, 2.45) is 5.92 Å². The summed E-state index contributed by atoms with van der Waals surface area (Å²) in [7, 11) is -2.42. The van der Waals surface area contributed by atoms with Crippen LogP contribution in [0.3, 0.4) is 0 Å². The van der Waals surface area contributed by atoms with Crippen LogP contribution in [0, 0.1) is 5.92 Å². The van der Waals surface area contributed by atoms with Gasteiger partial charge in [0.05, 0.1) is 13.7 Å². The predicted octanol–water partition coefficient (Wildman–Crippen LogP) is 1.72. The Morgan fingerprint density at radius 1 is 1.45 bits per heavy atom. The molecule has 22 heavy (non-hydrogen) atoms. The normalized spacial score (nSPS) is 22.2. The van der Waals surface area contributed by atoms with Crippen molar-refractivity contribution in [1.29, 1.82) is 0 Å². The molecule has 0 unspecified atom stereocenters. The lowest BCUT2D eigenvalue weighted by Crippen LogP contribution is -2.37. The summed E-state index contributed by atoms with van der Waals surface area (Å²) in [4.78, 5) is 12.0. The largest absolute Gasteiger partial charge is 0.465 e. The highest BCUT2D eigenvalue weighted by Gasteiger charge is 2.41. The van der Waals surface area contributed by atoms with E-state index in [4.69, 9.17) is 4.74 Å². The number of carbonyl (C=O) groups is 1. The summed E-state index contributed by atoms with van der Waals surface area (Å²) < 4.78 is 37.6. The van der Waals surface area contributed by atoms with Gasteiger partial charge in [-0.3, -0.25) is 0 Å². The predicted molar refractivity (Wildman–Crippen MR) is 81.5 cm³/mol. The molecule has 1 aliphatic heterocycles. The molecule has 122 valence electrons. The maximum Gasteiger partial charge on any atom is 0.349 e. The lowest BCUT2D eigenvalue weighted by Gasteiger charge is -2.24. The SMILES string of the molecule is COC(=O)c1sccc1S(=O)(=O)N(C[C@H]1CCOC1)C1CC1. The van der Waals surface area contributed by atoms with Crippen molar-refractivity contribution in [3.05, 3.63) is 16.3 Å². The summed E-state index contributed by atoms with van der Waals surface area (Å²) >= 11 is 1.10. The van der Waals surface area contributed by atoms with Gasteiger partial charge in [0.2, 0.25) is 10.0 Å². The van der Waals surface area contributed by atoms with Crippen LogP contribution in [0.5, 0.6) is 0 Å². The number of thiophene rings is 1. The molecule has 0 bridgehead atoms. The maximum atomic E-state index is 13.0. The van der Waals surface area contributed by atoms with E-state index >= 15 is 0 Å². The summed E-state index contributed by atoms with van der Waals surface area (Å²) in [6.07, 6.45) is 2.64. The molecule has 0 radical (unpaired) electrons. The summed E-state index contributed by atoms with van der Waals surface area (Å²) in [6.45, 7) is 1.75. The molecule has 1 aliphatic carbocycles. The van der Waals surface area contributed by atoms with Crippen molar-refractivity contribution < 1.29 is 22.7 Å². The monoisotopic (exact) mass is 345 g/mol. The molecule has 1 saturated heterocycles. The Balaban J connectivity index is 1.89. The molecular weight excluding hydrogens is 326 g/mol. The van der Waals surface area contributed by atoms with Gasteiger partial charge in [-0.05, 0) is 36.6 Å². The van der Waals surface area contributed by atoms with E-state index in [9.17, 15) is 13.2 Å². The average Bonchev–Trinajstić information content (AvgIpc) is 3.02. The van der Waals surface area contributed by atoms with Gasteiger partial charge >= 0.3 is 5.97 Å². The second-order valence-corrected chi connectivity index (χ2v) is 8.42. The van der Waals surface area contributed by atoms with E-state index in [1.54, 1.807) is 9.69 Å². The van der Waals surface area contributed by atoms with Crippen molar-refractivity contribution in [2.75, 3.05) is 26.9 Å².